The molecular formula is C20H41BF4-. The summed E-state index contributed by atoms with van der Waals surface area (Å²) in [5.74, 6) is 0.826. The van der Waals surface area contributed by atoms with Gasteiger partial charge in [-0.05, 0) is 18.8 Å². The van der Waals surface area contributed by atoms with Gasteiger partial charge in [-0.2, -0.15) is 0 Å². The molecule has 0 aromatic rings. The summed E-state index contributed by atoms with van der Waals surface area (Å²) in [6.07, 6.45) is 24.1. The van der Waals surface area contributed by atoms with Crippen molar-refractivity contribution in [3.8, 4) is 0 Å². The molecule has 25 heavy (non-hydrogen) atoms. The Kier molecular flexibility index (Phi) is 21.7. The number of hydrogen-bond acceptors (Lipinski definition) is 0. The van der Waals surface area contributed by atoms with Gasteiger partial charge in [-0.3, -0.25) is 0 Å². The molecule has 1 unspecified atom stereocenters. The third-order valence-corrected chi connectivity index (χ3v) is 4.52. The zero-order valence-electron chi connectivity index (χ0n) is 16.9. The standard InChI is InChI=1S/C20H41.BF4/c1-4-6-7-8-9-10-11-12-13-14-15-16-17-18-19-20(3)5-2;2-1(3,4)5/h19-20H,4-18H2,1-3H3;/q;-1. The Balaban J connectivity index is 0. The van der Waals surface area contributed by atoms with Gasteiger partial charge in [0, 0.05) is 0 Å². The van der Waals surface area contributed by atoms with E-state index < -0.39 is 7.25 Å². The topological polar surface area (TPSA) is 0 Å². The van der Waals surface area contributed by atoms with Crippen LogP contribution in [0.15, 0.2) is 0 Å². The fourth-order valence-corrected chi connectivity index (χ4v) is 2.73. The molecule has 0 nitrogen and oxygen atoms in total. The number of rotatable bonds is 16. The van der Waals surface area contributed by atoms with Crippen molar-refractivity contribution in [1.29, 1.82) is 0 Å². The summed E-state index contributed by atoms with van der Waals surface area (Å²) in [5, 5.41) is 0. The summed E-state index contributed by atoms with van der Waals surface area (Å²) in [7, 11) is -6.00. The van der Waals surface area contributed by atoms with Crippen LogP contribution in [0.25, 0.3) is 0 Å². The third kappa shape index (κ3) is 35.7. The molecular weight excluding hydrogens is 327 g/mol. The molecule has 153 valence electrons. The van der Waals surface area contributed by atoms with Gasteiger partial charge in [-0.15, -0.1) is 0 Å². The fraction of sp³-hybridized carbons (Fsp3) is 0.950. The molecule has 0 fully saturated rings. The van der Waals surface area contributed by atoms with Gasteiger partial charge in [0.25, 0.3) is 0 Å². The zero-order valence-corrected chi connectivity index (χ0v) is 16.9. The van der Waals surface area contributed by atoms with E-state index in [4.69, 9.17) is 0 Å². The average Bonchev–Trinajstić information content (AvgIpc) is 2.53. The van der Waals surface area contributed by atoms with Crippen molar-refractivity contribution >= 4 is 7.25 Å². The Morgan fingerprint density at radius 1 is 0.640 bits per heavy atom. The molecule has 0 rings (SSSR count). The maximum absolute atomic E-state index is 9.75. The highest BCUT2D eigenvalue weighted by atomic mass is 19.5. The Hall–Kier alpha value is -0.215. The first kappa shape index (κ1) is 27.0. The lowest BCUT2D eigenvalue weighted by atomic mass is 9.99. The Bertz CT molecular complexity index is 238. The summed E-state index contributed by atoms with van der Waals surface area (Å²) >= 11 is 0. The molecule has 1 radical (unpaired) electrons. The summed E-state index contributed by atoms with van der Waals surface area (Å²) in [5.41, 5.74) is 0. The van der Waals surface area contributed by atoms with Gasteiger partial charge < -0.3 is 17.3 Å². The van der Waals surface area contributed by atoms with Crippen molar-refractivity contribution in [1.82, 2.24) is 0 Å². The van der Waals surface area contributed by atoms with Gasteiger partial charge in [-0.25, -0.2) is 0 Å². The zero-order chi connectivity index (χ0) is 19.4. The lowest BCUT2D eigenvalue weighted by Gasteiger charge is -2.07. The minimum atomic E-state index is -6.00. The van der Waals surface area contributed by atoms with E-state index in [9.17, 15) is 17.3 Å². The second-order valence-corrected chi connectivity index (χ2v) is 7.15. The van der Waals surface area contributed by atoms with Crippen molar-refractivity contribution in [2.45, 2.75) is 117 Å². The Labute approximate surface area is 154 Å². The van der Waals surface area contributed by atoms with Crippen LogP contribution in [0.4, 0.5) is 17.3 Å². The van der Waals surface area contributed by atoms with Gasteiger partial charge in [0.15, 0.2) is 0 Å². The van der Waals surface area contributed by atoms with E-state index in [0.29, 0.717) is 0 Å². The molecule has 0 aromatic carbocycles. The lowest BCUT2D eigenvalue weighted by molar-refractivity contribution is 0.368. The molecule has 0 N–H and O–H groups in total. The molecule has 0 aromatic heterocycles. The van der Waals surface area contributed by atoms with E-state index >= 15 is 0 Å². The maximum atomic E-state index is 9.75. The van der Waals surface area contributed by atoms with Gasteiger partial charge in [0.2, 0.25) is 0 Å². The first-order valence-corrected chi connectivity index (χ1v) is 10.5. The van der Waals surface area contributed by atoms with Crippen molar-refractivity contribution in [3.05, 3.63) is 6.42 Å². The molecule has 5 heteroatoms. The molecule has 0 heterocycles. The Morgan fingerprint density at radius 3 is 1.28 bits per heavy atom. The monoisotopic (exact) mass is 368 g/mol. The van der Waals surface area contributed by atoms with Crippen LogP contribution in [-0.2, 0) is 0 Å². The van der Waals surface area contributed by atoms with E-state index in [1.165, 1.54) is 96.3 Å². The second-order valence-electron chi connectivity index (χ2n) is 7.15. The normalized spacial score (nSPS) is 12.6. The molecule has 1 atom stereocenters. The van der Waals surface area contributed by atoms with Crippen LogP contribution in [0, 0.1) is 12.3 Å². The fourth-order valence-electron chi connectivity index (χ4n) is 2.73. The van der Waals surface area contributed by atoms with E-state index in [1.54, 1.807) is 0 Å². The summed E-state index contributed by atoms with van der Waals surface area (Å²) in [6, 6.07) is 0. The van der Waals surface area contributed by atoms with Gasteiger partial charge in [0.05, 0.1) is 0 Å². The van der Waals surface area contributed by atoms with Crippen LogP contribution in [0.2, 0.25) is 0 Å². The minimum Gasteiger partial charge on any atom is -0.418 e. The van der Waals surface area contributed by atoms with E-state index in [2.05, 4.69) is 27.2 Å². The average molecular weight is 368 g/mol. The number of halogens is 4. The summed E-state index contributed by atoms with van der Waals surface area (Å²) in [6.45, 7) is 6.91. The van der Waals surface area contributed by atoms with E-state index in [1.807, 2.05) is 0 Å². The quantitative estimate of drug-likeness (QED) is 0.145. The highest BCUT2D eigenvalue weighted by molar-refractivity contribution is 6.50. The van der Waals surface area contributed by atoms with Gasteiger partial charge in [0.1, 0.15) is 0 Å². The molecule has 0 spiro atoms. The Morgan fingerprint density at radius 2 is 0.960 bits per heavy atom. The molecule has 0 amide bonds. The van der Waals surface area contributed by atoms with Crippen LogP contribution in [0.1, 0.15) is 117 Å². The highest BCUT2D eigenvalue weighted by Gasteiger charge is 2.20. The van der Waals surface area contributed by atoms with Crippen molar-refractivity contribution in [2.24, 2.45) is 5.92 Å². The highest BCUT2D eigenvalue weighted by Crippen LogP contribution is 2.15. The van der Waals surface area contributed by atoms with Gasteiger partial charge in [-0.1, -0.05) is 111 Å². The molecule has 0 aliphatic rings. The van der Waals surface area contributed by atoms with Crippen LogP contribution >= 0.6 is 0 Å². The van der Waals surface area contributed by atoms with Crippen molar-refractivity contribution in [3.63, 3.8) is 0 Å². The molecule has 0 aliphatic carbocycles. The summed E-state index contributed by atoms with van der Waals surface area (Å²) < 4.78 is 39.0. The van der Waals surface area contributed by atoms with Crippen LogP contribution in [0.5, 0.6) is 0 Å². The van der Waals surface area contributed by atoms with Crippen LogP contribution < -0.4 is 0 Å². The molecule has 0 bridgehead atoms. The molecule has 0 saturated carbocycles. The maximum Gasteiger partial charge on any atom is 0.673 e. The number of hydrogen-bond donors (Lipinski definition) is 0. The predicted molar refractivity (Wildman–Crippen MR) is 104 cm³/mol. The second kappa shape index (κ2) is 20.1. The predicted octanol–water partition coefficient (Wildman–Crippen LogP) is 9.02. The van der Waals surface area contributed by atoms with E-state index in [-0.39, 0.29) is 0 Å². The third-order valence-electron chi connectivity index (χ3n) is 4.52. The van der Waals surface area contributed by atoms with E-state index in [0.717, 1.165) is 5.92 Å². The van der Waals surface area contributed by atoms with Crippen LogP contribution in [-0.4, -0.2) is 7.25 Å². The SMILES string of the molecule is CCCCCCCCCCCCCCC[CH]C(C)CC.F[B-](F)(F)F. The van der Waals surface area contributed by atoms with Gasteiger partial charge >= 0.3 is 7.25 Å². The first-order chi connectivity index (χ1) is 11.8. The van der Waals surface area contributed by atoms with Crippen LogP contribution in [0.3, 0.4) is 0 Å². The summed E-state index contributed by atoms with van der Waals surface area (Å²) in [4.78, 5) is 0. The minimum absolute atomic E-state index is 0.826. The smallest absolute Gasteiger partial charge is 0.418 e. The molecule has 0 saturated heterocycles. The molecule has 0 aliphatic heterocycles. The first-order valence-electron chi connectivity index (χ1n) is 10.5. The lowest BCUT2D eigenvalue weighted by Crippen LogP contribution is -2.02. The van der Waals surface area contributed by atoms with Crippen molar-refractivity contribution in [2.75, 3.05) is 0 Å². The number of unbranched alkanes of at least 4 members (excludes halogenated alkanes) is 13. The van der Waals surface area contributed by atoms with Crippen molar-refractivity contribution < 1.29 is 17.3 Å². The largest absolute Gasteiger partial charge is 0.673 e.